The van der Waals surface area contributed by atoms with Gasteiger partial charge in [0.25, 0.3) is 0 Å². The maximum atomic E-state index is 4.36. The van der Waals surface area contributed by atoms with E-state index in [4.69, 9.17) is 0 Å². The molecule has 0 bridgehead atoms. The average Bonchev–Trinajstić information content (AvgIpc) is 1.39. The van der Waals surface area contributed by atoms with Gasteiger partial charge in [-0.05, 0) is 0 Å². The summed E-state index contributed by atoms with van der Waals surface area (Å²) in [5, 5.41) is 0. The molecule has 0 aliphatic carbocycles. The van der Waals surface area contributed by atoms with E-state index in [-0.39, 0.29) is 0 Å². The van der Waals surface area contributed by atoms with Crippen LogP contribution < -0.4 is 0 Å². The van der Waals surface area contributed by atoms with Gasteiger partial charge in [0.1, 0.15) is 0 Å². The fourth-order valence-electron chi connectivity index (χ4n) is 0. The summed E-state index contributed by atoms with van der Waals surface area (Å²) in [6, 6.07) is 0. The molecule has 0 aliphatic heterocycles. The number of hydrogen-bond donors (Lipinski definition) is 0. The fraction of sp³-hybridized carbons (Fsp3) is 0. The summed E-state index contributed by atoms with van der Waals surface area (Å²) in [6.45, 7) is 0. The molecule has 0 atom stereocenters. The van der Waals surface area contributed by atoms with Crippen LogP contribution in [0.25, 0.3) is 0 Å². The summed E-state index contributed by atoms with van der Waals surface area (Å²) in [5.74, 6) is 0. The molecule has 6 heavy (non-hydrogen) atoms. The molecule has 0 unspecified atom stereocenters. The Kier molecular flexibility index (Phi) is 29.5. The van der Waals surface area contributed by atoms with Crippen LogP contribution in [-0.4, -0.2) is 35.4 Å². The molecule has 0 fully saturated rings. The summed E-state index contributed by atoms with van der Waals surface area (Å²) in [5.41, 5.74) is 0. The number of hydrogen-bond acceptors (Lipinski definition) is 4. The molecule has 0 aromatic heterocycles. The van der Waals surface area contributed by atoms with E-state index < -0.39 is 35.4 Å². The van der Waals surface area contributed by atoms with Gasteiger partial charge in [-0.15, -0.1) is 0 Å². The summed E-state index contributed by atoms with van der Waals surface area (Å²) >= 11 is -0.967. The van der Waals surface area contributed by atoms with E-state index in [2.05, 4.69) is 36.8 Å². The second kappa shape index (κ2) is 15.6. The van der Waals surface area contributed by atoms with Gasteiger partial charge < -0.3 is 0 Å². The van der Waals surface area contributed by atoms with Crippen molar-refractivity contribution in [3.63, 3.8) is 0 Å². The van der Waals surface area contributed by atoms with Gasteiger partial charge in [0, 0.05) is 0 Å². The van der Waals surface area contributed by atoms with Crippen LogP contribution in [0.2, 0.25) is 0 Å². The molecule has 2 radical (unpaired) electrons. The predicted octanol–water partition coefficient (Wildman–Crippen LogP) is 1.83. The fourth-order valence-corrected chi connectivity index (χ4v) is 0. The van der Waals surface area contributed by atoms with Crippen molar-refractivity contribution in [2.45, 2.75) is 0 Å². The van der Waals surface area contributed by atoms with E-state index in [9.17, 15) is 0 Å². The molecule has 0 amide bonds. The molecule has 0 N–H and O–H groups in total. The summed E-state index contributed by atoms with van der Waals surface area (Å²) in [4.78, 5) is 0. The van der Waals surface area contributed by atoms with Gasteiger partial charge in [0.05, 0.1) is 0 Å². The normalized spacial score (nSPS) is 2.67. The van der Waals surface area contributed by atoms with Gasteiger partial charge in [0.2, 0.25) is 0 Å². The van der Waals surface area contributed by atoms with Crippen LogP contribution in [0.1, 0.15) is 0 Å². The summed E-state index contributed by atoms with van der Waals surface area (Å²) < 4.78 is 0. The van der Waals surface area contributed by atoms with Gasteiger partial charge in [-0.25, -0.2) is 0 Å². The van der Waals surface area contributed by atoms with Gasteiger partial charge in [-0.2, -0.15) is 0 Å². The SMILES string of the molecule is [S]=[Sb]=[S].[S]=[Sb]=[S]. The van der Waals surface area contributed by atoms with Crippen LogP contribution in [0.3, 0.4) is 0 Å². The van der Waals surface area contributed by atoms with Gasteiger partial charge >= 0.3 is 72.1 Å². The third-order valence-electron chi connectivity index (χ3n) is 0. The zero-order chi connectivity index (χ0) is 5.41. The van der Waals surface area contributed by atoms with Crippen molar-refractivity contribution in [3.8, 4) is 0 Å². The minimum absolute atomic E-state index is 0.483. The first-order chi connectivity index (χ1) is 2.83. The Labute approximate surface area is 70.6 Å². The second-order valence-electron chi connectivity index (χ2n) is 0.149. The Hall–Kier alpha value is 2.52. The van der Waals surface area contributed by atoms with Crippen molar-refractivity contribution < 1.29 is 0 Å². The Bertz CT molecular complexity index is 59.5. The van der Waals surface area contributed by atoms with E-state index >= 15 is 0 Å². The first-order valence-electron chi connectivity index (χ1n) is 0.730. The molecule has 0 spiro atoms. The Balaban J connectivity index is 0. The van der Waals surface area contributed by atoms with Crippen molar-refractivity contribution >= 4 is 72.1 Å². The van der Waals surface area contributed by atoms with Crippen LogP contribution in [0.4, 0.5) is 0 Å². The molecule has 6 heteroatoms. The van der Waals surface area contributed by atoms with Crippen molar-refractivity contribution in [2.24, 2.45) is 0 Å². The first-order valence-corrected chi connectivity index (χ1v) is 14.7. The van der Waals surface area contributed by atoms with E-state index in [0.717, 1.165) is 0 Å². The van der Waals surface area contributed by atoms with E-state index in [1.165, 1.54) is 0 Å². The molecule has 0 rings (SSSR count). The zero-order valence-corrected chi connectivity index (χ0v) is 10.9. The molecule has 0 aliphatic rings. The van der Waals surface area contributed by atoms with Crippen LogP contribution in [0.5, 0.6) is 0 Å². The van der Waals surface area contributed by atoms with Crippen molar-refractivity contribution in [3.05, 3.63) is 0 Å². The van der Waals surface area contributed by atoms with E-state index in [0.29, 0.717) is 0 Å². The quantitative estimate of drug-likeness (QED) is 0.596. The molecule has 0 aromatic rings. The van der Waals surface area contributed by atoms with Crippen LogP contribution >= 0.6 is 36.8 Å². The summed E-state index contributed by atoms with van der Waals surface area (Å²) in [7, 11) is 17.4. The molecular weight excluding hydrogens is 372 g/mol. The average molecular weight is 372 g/mol. The minimum atomic E-state index is -0.483. The van der Waals surface area contributed by atoms with Crippen molar-refractivity contribution in [1.82, 2.24) is 0 Å². The molecule has 34 valence electrons. The topological polar surface area (TPSA) is 0 Å². The van der Waals surface area contributed by atoms with Gasteiger partial charge in [-0.3, -0.25) is 0 Å². The second-order valence-corrected chi connectivity index (χ2v) is 9.00. The Morgan fingerprint density at radius 1 is 0.667 bits per heavy atom. The van der Waals surface area contributed by atoms with Crippen molar-refractivity contribution in [2.75, 3.05) is 0 Å². The molecule has 0 aromatic carbocycles. The monoisotopic (exact) mass is 370 g/mol. The standard InChI is InChI=1S/4S.2Sb. The third kappa shape index (κ3) is 31.3. The van der Waals surface area contributed by atoms with Gasteiger partial charge in [0.15, 0.2) is 0 Å². The Morgan fingerprint density at radius 3 is 0.667 bits per heavy atom. The molecule has 0 nitrogen and oxygen atoms in total. The number of rotatable bonds is 0. The molecular formula is S4Sb2. The van der Waals surface area contributed by atoms with Crippen molar-refractivity contribution in [1.29, 1.82) is 0 Å². The maximum absolute atomic E-state index is 4.36. The molecule has 0 saturated heterocycles. The van der Waals surface area contributed by atoms with Crippen LogP contribution in [-0.2, 0) is 0 Å². The van der Waals surface area contributed by atoms with E-state index in [1.807, 2.05) is 0 Å². The summed E-state index contributed by atoms with van der Waals surface area (Å²) in [6.07, 6.45) is 0. The van der Waals surface area contributed by atoms with Crippen LogP contribution in [0.15, 0.2) is 0 Å². The first kappa shape index (κ1) is 11.3. The van der Waals surface area contributed by atoms with Gasteiger partial charge in [-0.1, -0.05) is 0 Å². The molecule has 0 heterocycles. The Morgan fingerprint density at radius 2 is 0.667 bits per heavy atom. The van der Waals surface area contributed by atoms with Crippen LogP contribution in [0, 0.1) is 0 Å². The predicted molar refractivity (Wildman–Crippen MR) is 41.9 cm³/mol. The van der Waals surface area contributed by atoms with E-state index in [1.54, 1.807) is 0 Å². The molecule has 0 saturated carbocycles. The zero-order valence-electron chi connectivity index (χ0n) is 2.53. The third-order valence-corrected chi connectivity index (χ3v) is 0.